The molecule has 0 saturated carbocycles. The molecular weight excluding hydrogens is 228 g/mol. The van der Waals surface area contributed by atoms with Gasteiger partial charge in [0.25, 0.3) is 0 Å². The van der Waals surface area contributed by atoms with Crippen molar-refractivity contribution in [2.45, 2.75) is 32.7 Å². The van der Waals surface area contributed by atoms with E-state index in [9.17, 15) is 0 Å². The highest BCUT2D eigenvalue weighted by molar-refractivity contribution is 7.15. The van der Waals surface area contributed by atoms with Crippen molar-refractivity contribution in [1.29, 1.82) is 0 Å². The van der Waals surface area contributed by atoms with Crippen LogP contribution in [0.3, 0.4) is 0 Å². The van der Waals surface area contributed by atoms with Gasteiger partial charge < -0.3 is 5.73 Å². The second-order valence-electron chi connectivity index (χ2n) is 5.15. The number of hydrogen-bond acceptors (Lipinski definition) is 3. The van der Waals surface area contributed by atoms with Crippen LogP contribution in [0.1, 0.15) is 31.3 Å². The summed E-state index contributed by atoms with van der Waals surface area (Å²) in [6.07, 6.45) is 1.90. The smallest absolute Gasteiger partial charge is 0.107 e. The van der Waals surface area contributed by atoms with Crippen LogP contribution in [0.25, 0.3) is 10.4 Å². The lowest BCUT2D eigenvalue weighted by Gasteiger charge is -2.18. The standard InChI is InChI=1S/C14H18N2S/c1-14(2,3)11-6-4-10(5-7-11)12-9-16-13(8-15)17-12/h4-7,9H,8,15H2,1-3H3. The molecule has 0 radical (unpaired) electrons. The number of rotatable bonds is 2. The molecule has 0 aliphatic carbocycles. The Hall–Kier alpha value is -1.19. The maximum absolute atomic E-state index is 5.57. The molecule has 0 amide bonds. The van der Waals surface area contributed by atoms with E-state index in [-0.39, 0.29) is 5.41 Å². The predicted octanol–water partition coefficient (Wildman–Crippen LogP) is 3.57. The second kappa shape index (κ2) is 4.59. The zero-order valence-electron chi connectivity index (χ0n) is 10.5. The van der Waals surface area contributed by atoms with Crippen molar-refractivity contribution in [2.24, 2.45) is 5.73 Å². The van der Waals surface area contributed by atoms with Crippen molar-refractivity contribution in [2.75, 3.05) is 0 Å². The molecule has 2 rings (SSSR count). The number of thiazole rings is 1. The summed E-state index contributed by atoms with van der Waals surface area (Å²) in [5.41, 5.74) is 8.34. The molecule has 0 unspecified atom stereocenters. The Morgan fingerprint density at radius 2 is 1.82 bits per heavy atom. The van der Waals surface area contributed by atoms with Gasteiger partial charge in [0.05, 0.1) is 4.88 Å². The van der Waals surface area contributed by atoms with E-state index in [0.717, 1.165) is 5.01 Å². The predicted molar refractivity (Wildman–Crippen MR) is 74.1 cm³/mol. The summed E-state index contributed by atoms with van der Waals surface area (Å²) in [7, 11) is 0. The van der Waals surface area contributed by atoms with Gasteiger partial charge in [-0.05, 0) is 16.5 Å². The quantitative estimate of drug-likeness (QED) is 0.880. The third kappa shape index (κ3) is 2.73. The van der Waals surface area contributed by atoms with Gasteiger partial charge in [-0.25, -0.2) is 4.98 Å². The first-order valence-electron chi connectivity index (χ1n) is 5.76. The molecule has 0 fully saturated rings. The molecule has 0 aliphatic rings. The van der Waals surface area contributed by atoms with E-state index >= 15 is 0 Å². The van der Waals surface area contributed by atoms with Crippen LogP contribution in [0.2, 0.25) is 0 Å². The van der Waals surface area contributed by atoms with Crippen molar-refractivity contribution in [3.63, 3.8) is 0 Å². The van der Waals surface area contributed by atoms with E-state index in [0.29, 0.717) is 6.54 Å². The first kappa shape index (κ1) is 12.3. The minimum atomic E-state index is 0.203. The molecule has 0 bridgehead atoms. The van der Waals surface area contributed by atoms with E-state index in [1.807, 2.05) is 6.20 Å². The summed E-state index contributed by atoms with van der Waals surface area (Å²) in [4.78, 5) is 5.46. The highest BCUT2D eigenvalue weighted by atomic mass is 32.1. The molecule has 0 spiro atoms. The fourth-order valence-corrected chi connectivity index (χ4v) is 2.47. The molecule has 2 nitrogen and oxygen atoms in total. The lowest BCUT2D eigenvalue weighted by Crippen LogP contribution is -2.10. The zero-order chi connectivity index (χ0) is 12.5. The molecule has 1 aromatic heterocycles. The number of hydrogen-bond donors (Lipinski definition) is 1. The van der Waals surface area contributed by atoms with Gasteiger partial charge in [0, 0.05) is 12.7 Å². The normalized spacial score (nSPS) is 11.8. The minimum absolute atomic E-state index is 0.203. The van der Waals surface area contributed by atoms with E-state index in [2.05, 4.69) is 50.0 Å². The summed E-state index contributed by atoms with van der Waals surface area (Å²) < 4.78 is 0. The van der Waals surface area contributed by atoms with Gasteiger partial charge in [0.2, 0.25) is 0 Å². The molecule has 90 valence electrons. The van der Waals surface area contributed by atoms with Crippen LogP contribution in [0.4, 0.5) is 0 Å². The van der Waals surface area contributed by atoms with E-state index in [1.165, 1.54) is 16.0 Å². The topological polar surface area (TPSA) is 38.9 Å². The van der Waals surface area contributed by atoms with Crippen molar-refractivity contribution >= 4 is 11.3 Å². The molecule has 2 aromatic rings. The maximum atomic E-state index is 5.57. The van der Waals surface area contributed by atoms with Crippen LogP contribution in [0.5, 0.6) is 0 Å². The van der Waals surface area contributed by atoms with Crippen LogP contribution >= 0.6 is 11.3 Å². The van der Waals surface area contributed by atoms with Gasteiger partial charge in [0.15, 0.2) is 0 Å². The first-order chi connectivity index (χ1) is 8.00. The van der Waals surface area contributed by atoms with Gasteiger partial charge in [-0.15, -0.1) is 11.3 Å². The summed E-state index contributed by atoms with van der Waals surface area (Å²) in [5, 5.41) is 0.986. The van der Waals surface area contributed by atoms with Gasteiger partial charge >= 0.3 is 0 Å². The highest BCUT2D eigenvalue weighted by Crippen LogP contribution is 2.29. The molecule has 2 N–H and O–H groups in total. The summed E-state index contributed by atoms with van der Waals surface area (Å²) in [6, 6.07) is 8.71. The van der Waals surface area contributed by atoms with Crippen LogP contribution in [-0.2, 0) is 12.0 Å². The molecule has 0 aliphatic heterocycles. The summed E-state index contributed by atoms with van der Waals surface area (Å²) in [6.45, 7) is 7.19. The lowest BCUT2D eigenvalue weighted by atomic mass is 9.87. The Morgan fingerprint density at radius 3 is 2.29 bits per heavy atom. The second-order valence-corrected chi connectivity index (χ2v) is 6.26. The van der Waals surface area contributed by atoms with Crippen molar-refractivity contribution in [3.8, 4) is 10.4 Å². The average molecular weight is 246 g/mol. The average Bonchev–Trinajstić information content (AvgIpc) is 2.76. The number of benzene rings is 1. The molecule has 1 aromatic carbocycles. The number of aromatic nitrogens is 1. The van der Waals surface area contributed by atoms with Gasteiger partial charge in [0.1, 0.15) is 5.01 Å². The maximum Gasteiger partial charge on any atom is 0.107 e. The molecule has 1 heterocycles. The molecule has 0 atom stereocenters. The highest BCUT2D eigenvalue weighted by Gasteiger charge is 2.13. The van der Waals surface area contributed by atoms with Crippen LogP contribution in [0.15, 0.2) is 30.5 Å². The summed E-state index contributed by atoms with van der Waals surface area (Å²) >= 11 is 1.66. The van der Waals surface area contributed by atoms with Gasteiger partial charge in [-0.3, -0.25) is 0 Å². The molecule has 17 heavy (non-hydrogen) atoms. The van der Waals surface area contributed by atoms with Crippen molar-refractivity contribution in [3.05, 3.63) is 41.0 Å². The zero-order valence-corrected chi connectivity index (χ0v) is 11.3. The Bertz CT molecular complexity index is 492. The third-order valence-electron chi connectivity index (χ3n) is 2.76. The number of nitrogens with two attached hydrogens (primary N) is 1. The Morgan fingerprint density at radius 1 is 1.18 bits per heavy atom. The van der Waals surface area contributed by atoms with Crippen LogP contribution < -0.4 is 5.73 Å². The number of nitrogens with zero attached hydrogens (tertiary/aromatic N) is 1. The Kier molecular flexibility index (Phi) is 3.31. The van der Waals surface area contributed by atoms with E-state index in [4.69, 9.17) is 5.73 Å². The van der Waals surface area contributed by atoms with Crippen LogP contribution in [0, 0.1) is 0 Å². The van der Waals surface area contributed by atoms with Gasteiger partial charge in [-0.1, -0.05) is 45.0 Å². The summed E-state index contributed by atoms with van der Waals surface area (Å²) in [5.74, 6) is 0. The van der Waals surface area contributed by atoms with Crippen molar-refractivity contribution < 1.29 is 0 Å². The molecule has 0 saturated heterocycles. The van der Waals surface area contributed by atoms with E-state index in [1.54, 1.807) is 11.3 Å². The SMILES string of the molecule is CC(C)(C)c1ccc(-c2cnc(CN)s2)cc1. The Balaban J connectivity index is 2.29. The molecular formula is C14H18N2S. The Labute approximate surface area is 107 Å². The lowest BCUT2D eigenvalue weighted by molar-refractivity contribution is 0.590. The third-order valence-corrected chi connectivity index (χ3v) is 3.83. The fourth-order valence-electron chi connectivity index (χ4n) is 1.67. The first-order valence-corrected chi connectivity index (χ1v) is 6.58. The van der Waals surface area contributed by atoms with Crippen molar-refractivity contribution in [1.82, 2.24) is 4.98 Å². The largest absolute Gasteiger partial charge is 0.325 e. The van der Waals surface area contributed by atoms with E-state index < -0.39 is 0 Å². The van der Waals surface area contributed by atoms with Gasteiger partial charge in [-0.2, -0.15) is 0 Å². The fraction of sp³-hybridized carbons (Fsp3) is 0.357. The van der Waals surface area contributed by atoms with Crippen LogP contribution in [-0.4, -0.2) is 4.98 Å². The minimum Gasteiger partial charge on any atom is -0.325 e. The monoisotopic (exact) mass is 246 g/mol. The molecule has 3 heteroatoms.